The van der Waals surface area contributed by atoms with Crippen LogP contribution in [-0.4, -0.2) is 49.6 Å². The largest absolute Gasteiger partial charge is 0.489 e. The van der Waals surface area contributed by atoms with Gasteiger partial charge in [0.1, 0.15) is 11.9 Å². The van der Waals surface area contributed by atoms with Crippen LogP contribution in [0.3, 0.4) is 0 Å². The summed E-state index contributed by atoms with van der Waals surface area (Å²) in [6, 6.07) is 7.36. The Balaban J connectivity index is 0.00000338. The van der Waals surface area contributed by atoms with Crippen LogP contribution in [0.25, 0.3) is 0 Å². The summed E-state index contributed by atoms with van der Waals surface area (Å²) in [7, 11) is 1.77. The van der Waals surface area contributed by atoms with Crippen LogP contribution in [-0.2, 0) is 4.79 Å². The molecule has 0 radical (unpaired) electrons. The maximum Gasteiger partial charge on any atom is 0.217 e. The highest BCUT2D eigenvalue weighted by molar-refractivity contribution is 14.0. The number of hydrogen-bond acceptors (Lipinski definition) is 3. The van der Waals surface area contributed by atoms with Crippen molar-refractivity contribution in [2.75, 3.05) is 26.7 Å². The van der Waals surface area contributed by atoms with Crippen LogP contribution < -0.4 is 15.8 Å². The Hall–Kier alpha value is -1.22. The van der Waals surface area contributed by atoms with Crippen molar-refractivity contribution in [3.8, 4) is 5.75 Å². The van der Waals surface area contributed by atoms with Crippen molar-refractivity contribution in [1.29, 1.82) is 0 Å². The summed E-state index contributed by atoms with van der Waals surface area (Å²) in [5.74, 6) is 1.63. The van der Waals surface area contributed by atoms with Crippen LogP contribution in [0.15, 0.2) is 29.3 Å². The zero-order valence-corrected chi connectivity index (χ0v) is 18.4. The number of halogens is 2. The zero-order chi connectivity index (χ0) is 18.2. The topological polar surface area (TPSA) is 80.0 Å². The van der Waals surface area contributed by atoms with Crippen LogP contribution in [0.2, 0.25) is 5.02 Å². The highest BCUT2D eigenvalue weighted by Crippen LogP contribution is 2.20. The van der Waals surface area contributed by atoms with Crippen molar-refractivity contribution in [2.24, 2.45) is 16.6 Å². The highest BCUT2D eigenvalue weighted by atomic mass is 127. The summed E-state index contributed by atoms with van der Waals surface area (Å²) < 4.78 is 5.87. The van der Waals surface area contributed by atoms with Crippen LogP contribution in [0.4, 0.5) is 0 Å². The molecule has 1 fully saturated rings. The number of primary amides is 1. The van der Waals surface area contributed by atoms with Crippen molar-refractivity contribution >= 4 is 47.4 Å². The molecule has 8 heteroatoms. The summed E-state index contributed by atoms with van der Waals surface area (Å²) in [4.78, 5) is 17.7. The number of piperidine rings is 1. The third-order valence-electron chi connectivity index (χ3n) is 4.20. The lowest BCUT2D eigenvalue weighted by Gasteiger charge is -2.35. The lowest BCUT2D eigenvalue weighted by Crippen LogP contribution is -2.49. The van der Waals surface area contributed by atoms with Crippen LogP contribution in [0.5, 0.6) is 5.75 Å². The quantitative estimate of drug-likeness (QED) is 0.362. The molecule has 1 aliphatic rings. The molecule has 26 heavy (non-hydrogen) atoms. The van der Waals surface area contributed by atoms with Crippen molar-refractivity contribution in [1.82, 2.24) is 10.2 Å². The standard InChI is InChI=1S/C18H27ClN4O2.HI/c1-13(25-16-7-3-6-15(19)10-16)11-22-18(21-2)23-8-4-5-14(12-23)9-17(20)24;/h3,6-7,10,13-14H,4-5,8-9,11-12H2,1-2H3,(H2,20,24)(H,21,22);1H. The fraction of sp³-hybridized carbons (Fsp3) is 0.556. The Morgan fingerprint density at radius 2 is 2.31 bits per heavy atom. The molecule has 6 nitrogen and oxygen atoms in total. The SMILES string of the molecule is CN=C(NCC(C)Oc1cccc(Cl)c1)N1CCCC(CC(N)=O)C1.I. The van der Waals surface area contributed by atoms with Gasteiger partial charge in [-0.15, -0.1) is 24.0 Å². The number of amides is 1. The van der Waals surface area contributed by atoms with E-state index in [1.165, 1.54) is 0 Å². The minimum atomic E-state index is -0.238. The second kappa shape index (κ2) is 11.5. The molecule has 1 heterocycles. The van der Waals surface area contributed by atoms with E-state index < -0.39 is 0 Å². The lowest BCUT2D eigenvalue weighted by atomic mass is 9.95. The zero-order valence-electron chi connectivity index (χ0n) is 15.3. The van der Waals surface area contributed by atoms with E-state index >= 15 is 0 Å². The Morgan fingerprint density at radius 1 is 1.54 bits per heavy atom. The molecule has 0 spiro atoms. The molecule has 2 atom stereocenters. The number of ether oxygens (including phenoxy) is 1. The lowest BCUT2D eigenvalue weighted by molar-refractivity contribution is -0.119. The van der Waals surface area contributed by atoms with Gasteiger partial charge < -0.3 is 20.7 Å². The maximum absolute atomic E-state index is 11.2. The van der Waals surface area contributed by atoms with Crippen molar-refractivity contribution < 1.29 is 9.53 Å². The second-order valence-electron chi connectivity index (χ2n) is 6.44. The minimum Gasteiger partial charge on any atom is -0.489 e. The summed E-state index contributed by atoms with van der Waals surface area (Å²) in [6.45, 7) is 4.34. The number of carbonyl (C=O) groups is 1. The Labute approximate surface area is 177 Å². The van der Waals surface area contributed by atoms with Crippen molar-refractivity contribution in [3.63, 3.8) is 0 Å². The number of hydrogen-bond donors (Lipinski definition) is 2. The Bertz CT molecular complexity index is 615. The number of aliphatic imine (C=N–C) groups is 1. The molecular formula is C18H28ClIN4O2. The first-order chi connectivity index (χ1) is 12.0. The Kier molecular flexibility index (Phi) is 10.1. The number of benzene rings is 1. The fourth-order valence-corrected chi connectivity index (χ4v) is 3.27. The molecule has 1 amide bonds. The first-order valence-corrected chi connectivity index (χ1v) is 9.02. The van der Waals surface area contributed by atoms with E-state index in [9.17, 15) is 4.79 Å². The fourth-order valence-electron chi connectivity index (χ4n) is 3.09. The number of guanidine groups is 1. The van der Waals surface area contributed by atoms with E-state index in [-0.39, 0.29) is 36.0 Å². The molecule has 0 aliphatic carbocycles. The molecular weight excluding hydrogens is 467 g/mol. The van der Waals surface area contributed by atoms with Gasteiger partial charge in [0, 0.05) is 31.6 Å². The van der Waals surface area contributed by atoms with E-state index in [1.807, 2.05) is 25.1 Å². The molecule has 0 aromatic heterocycles. The van der Waals surface area contributed by atoms with Crippen LogP contribution in [0, 0.1) is 5.92 Å². The molecule has 2 unspecified atom stereocenters. The van der Waals surface area contributed by atoms with E-state index in [0.717, 1.165) is 37.6 Å². The monoisotopic (exact) mass is 494 g/mol. The number of rotatable bonds is 6. The van der Waals surface area contributed by atoms with Gasteiger partial charge in [-0.2, -0.15) is 0 Å². The summed E-state index contributed by atoms with van der Waals surface area (Å²) >= 11 is 5.98. The van der Waals surface area contributed by atoms with Gasteiger partial charge >= 0.3 is 0 Å². The van der Waals surface area contributed by atoms with Crippen molar-refractivity contribution in [2.45, 2.75) is 32.3 Å². The second-order valence-corrected chi connectivity index (χ2v) is 6.88. The van der Waals surface area contributed by atoms with Gasteiger partial charge in [0.2, 0.25) is 5.91 Å². The molecule has 3 N–H and O–H groups in total. The first kappa shape index (κ1) is 22.8. The third kappa shape index (κ3) is 7.57. The van der Waals surface area contributed by atoms with Gasteiger partial charge in [0.25, 0.3) is 0 Å². The van der Waals surface area contributed by atoms with Crippen molar-refractivity contribution in [3.05, 3.63) is 29.3 Å². The normalized spacial score (nSPS) is 18.7. The molecule has 0 bridgehead atoms. The van der Waals surface area contributed by atoms with E-state index in [4.69, 9.17) is 22.1 Å². The average molecular weight is 495 g/mol. The number of carbonyl (C=O) groups excluding carboxylic acids is 1. The molecule has 1 saturated heterocycles. The van der Waals surface area contributed by atoms with E-state index in [0.29, 0.717) is 23.9 Å². The molecule has 1 aromatic carbocycles. The summed E-state index contributed by atoms with van der Waals surface area (Å²) in [5.41, 5.74) is 5.33. The summed E-state index contributed by atoms with van der Waals surface area (Å²) in [5, 5.41) is 4.00. The molecule has 2 rings (SSSR count). The van der Waals surface area contributed by atoms with Gasteiger partial charge in [-0.25, -0.2) is 0 Å². The third-order valence-corrected chi connectivity index (χ3v) is 4.44. The molecule has 1 aliphatic heterocycles. The molecule has 0 saturated carbocycles. The number of likely N-dealkylation sites (tertiary alicyclic amines) is 1. The summed E-state index contributed by atoms with van der Waals surface area (Å²) in [6.07, 6.45) is 2.46. The van der Waals surface area contributed by atoms with Crippen LogP contribution >= 0.6 is 35.6 Å². The maximum atomic E-state index is 11.2. The predicted octanol–water partition coefficient (Wildman–Crippen LogP) is 2.89. The minimum absolute atomic E-state index is 0. The van der Waals surface area contributed by atoms with Gasteiger partial charge in [-0.3, -0.25) is 9.79 Å². The number of nitrogens with two attached hydrogens (primary N) is 1. The molecule has 1 aromatic rings. The van der Waals surface area contributed by atoms with Gasteiger partial charge in [0.05, 0.1) is 6.54 Å². The first-order valence-electron chi connectivity index (χ1n) is 8.64. The van der Waals surface area contributed by atoms with Crippen LogP contribution in [0.1, 0.15) is 26.2 Å². The highest BCUT2D eigenvalue weighted by Gasteiger charge is 2.23. The Morgan fingerprint density at radius 3 is 2.96 bits per heavy atom. The van der Waals surface area contributed by atoms with Gasteiger partial charge in [0.15, 0.2) is 5.96 Å². The predicted molar refractivity (Wildman–Crippen MR) is 116 cm³/mol. The smallest absolute Gasteiger partial charge is 0.217 e. The number of nitrogens with zero attached hydrogens (tertiary/aromatic N) is 2. The number of nitrogens with one attached hydrogen (secondary N) is 1. The van der Waals surface area contributed by atoms with Gasteiger partial charge in [-0.1, -0.05) is 17.7 Å². The van der Waals surface area contributed by atoms with E-state index in [2.05, 4.69) is 15.2 Å². The molecule has 146 valence electrons. The average Bonchev–Trinajstić information content (AvgIpc) is 2.55. The van der Waals surface area contributed by atoms with E-state index in [1.54, 1.807) is 13.1 Å². The van der Waals surface area contributed by atoms with Gasteiger partial charge in [-0.05, 0) is 43.9 Å².